The summed E-state index contributed by atoms with van der Waals surface area (Å²) in [5.74, 6) is -0.370. The van der Waals surface area contributed by atoms with Crippen LogP contribution in [0.1, 0.15) is 5.69 Å². The fraction of sp³-hybridized carbons (Fsp3) is 0.200. The van der Waals surface area contributed by atoms with Crippen molar-refractivity contribution in [2.45, 2.75) is 6.42 Å². The lowest BCUT2D eigenvalue weighted by atomic mass is 10.2. The maximum Gasteiger partial charge on any atom is 0.311 e. The molecule has 0 unspecified atom stereocenters. The number of esters is 1. The Morgan fingerprint density at radius 1 is 1.60 bits per heavy atom. The predicted octanol–water partition coefficient (Wildman–Crippen LogP) is 2.20. The van der Waals surface area contributed by atoms with Crippen LogP contribution < -0.4 is 0 Å². The first kappa shape index (κ1) is 9.98. The molecule has 0 aliphatic rings. The Hall–Kier alpha value is -1.55. The van der Waals surface area contributed by atoms with Crippen molar-refractivity contribution in [2.75, 3.05) is 7.11 Å². The van der Waals surface area contributed by atoms with Crippen molar-refractivity contribution in [3.05, 3.63) is 28.9 Å². The molecule has 0 spiro atoms. The summed E-state index contributed by atoms with van der Waals surface area (Å²) in [6, 6.07) is 5.23. The SMILES string of the molecule is COC(=O)Cc1noc2cccc(Cl)c12. The molecule has 0 amide bonds. The monoisotopic (exact) mass is 225 g/mol. The van der Waals surface area contributed by atoms with E-state index < -0.39 is 0 Å². The molecule has 78 valence electrons. The van der Waals surface area contributed by atoms with Gasteiger partial charge in [0.1, 0.15) is 5.69 Å². The number of ether oxygens (including phenoxy) is 1. The minimum atomic E-state index is -0.370. The van der Waals surface area contributed by atoms with Crippen LogP contribution in [0, 0.1) is 0 Å². The van der Waals surface area contributed by atoms with E-state index in [0.29, 0.717) is 21.7 Å². The molecule has 0 aliphatic heterocycles. The van der Waals surface area contributed by atoms with Crippen molar-refractivity contribution in [3.63, 3.8) is 0 Å². The van der Waals surface area contributed by atoms with Crippen LogP contribution in [-0.4, -0.2) is 18.2 Å². The summed E-state index contributed by atoms with van der Waals surface area (Å²) in [4.78, 5) is 11.1. The molecule has 1 heterocycles. The van der Waals surface area contributed by atoms with Gasteiger partial charge < -0.3 is 9.26 Å². The van der Waals surface area contributed by atoms with Gasteiger partial charge >= 0.3 is 5.97 Å². The van der Waals surface area contributed by atoms with Gasteiger partial charge in [-0.2, -0.15) is 0 Å². The van der Waals surface area contributed by atoms with Crippen LogP contribution in [0.4, 0.5) is 0 Å². The number of benzene rings is 1. The van der Waals surface area contributed by atoms with Gasteiger partial charge in [-0.1, -0.05) is 22.8 Å². The number of carbonyl (C=O) groups is 1. The topological polar surface area (TPSA) is 52.3 Å². The number of hydrogen-bond donors (Lipinski definition) is 0. The molecule has 15 heavy (non-hydrogen) atoms. The molecule has 0 fully saturated rings. The lowest BCUT2D eigenvalue weighted by molar-refractivity contribution is -0.139. The van der Waals surface area contributed by atoms with Crippen LogP contribution in [0.25, 0.3) is 11.0 Å². The van der Waals surface area contributed by atoms with Crippen molar-refractivity contribution in [2.24, 2.45) is 0 Å². The molecule has 0 N–H and O–H groups in total. The van der Waals surface area contributed by atoms with Crippen molar-refractivity contribution in [1.82, 2.24) is 5.16 Å². The Bertz CT molecular complexity index is 506. The van der Waals surface area contributed by atoms with Crippen LogP contribution in [0.15, 0.2) is 22.7 Å². The molecule has 1 aromatic carbocycles. The zero-order valence-corrected chi connectivity index (χ0v) is 8.75. The molecule has 0 radical (unpaired) electrons. The first-order valence-corrected chi connectivity index (χ1v) is 4.69. The number of carbonyl (C=O) groups excluding carboxylic acids is 1. The highest BCUT2D eigenvalue weighted by Crippen LogP contribution is 2.26. The molecule has 5 heteroatoms. The number of halogens is 1. The van der Waals surface area contributed by atoms with Crippen molar-refractivity contribution in [3.8, 4) is 0 Å². The smallest absolute Gasteiger partial charge is 0.311 e. The minimum Gasteiger partial charge on any atom is -0.469 e. The van der Waals surface area contributed by atoms with Crippen LogP contribution >= 0.6 is 11.6 Å². The zero-order chi connectivity index (χ0) is 10.8. The molecule has 1 aromatic heterocycles. The third-order valence-corrected chi connectivity index (χ3v) is 2.37. The van der Waals surface area contributed by atoms with E-state index in [4.69, 9.17) is 16.1 Å². The van der Waals surface area contributed by atoms with E-state index in [1.165, 1.54) is 7.11 Å². The van der Waals surface area contributed by atoms with Gasteiger partial charge in [-0.3, -0.25) is 4.79 Å². The van der Waals surface area contributed by atoms with E-state index in [9.17, 15) is 4.79 Å². The first-order valence-electron chi connectivity index (χ1n) is 4.32. The fourth-order valence-corrected chi connectivity index (χ4v) is 1.61. The number of rotatable bonds is 2. The minimum absolute atomic E-state index is 0.0627. The van der Waals surface area contributed by atoms with Crippen LogP contribution in [0.2, 0.25) is 5.02 Å². The van der Waals surface area contributed by atoms with Gasteiger partial charge in [0.25, 0.3) is 0 Å². The molecule has 0 saturated carbocycles. The Labute approximate surface area is 90.8 Å². The Morgan fingerprint density at radius 3 is 3.13 bits per heavy atom. The molecule has 0 saturated heterocycles. The number of aromatic nitrogens is 1. The quantitative estimate of drug-likeness (QED) is 0.736. The van der Waals surface area contributed by atoms with Gasteiger partial charge in [-0.05, 0) is 12.1 Å². The lowest BCUT2D eigenvalue weighted by Crippen LogP contribution is -2.04. The number of hydrogen-bond acceptors (Lipinski definition) is 4. The first-order chi connectivity index (χ1) is 7.22. The standard InChI is InChI=1S/C10H8ClNO3/c1-14-9(13)5-7-10-6(11)3-2-4-8(10)15-12-7/h2-4H,5H2,1H3. The number of nitrogens with zero attached hydrogens (tertiary/aromatic N) is 1. The van der Waals surface area contributed by atoms with Crippen LogP contribution in [-0.2, 0) is 16.0 Å². The van der Waals surface area contributed by atoms with Gasteiger partial charge in [0.15, 0.2) is 5.58 Å². The summed E-state index contributed by atoms with van der Waals surface area (Å²) in [5, 5.41) is 4.98. The lowest BCUT2D eigenvalue weighted by Gasteiger charge is -1.96. The second-order valence-corrected chi connectivity index (χ2v) is 3.40. The molecular weight excluding hydrogens is 218 g/mol. The average molecular weight is 226 g/mol. The van der Waals surface area contributed by atoms with Crippen molar-refractivity contribution < 1.29 is 14.1 Å². The summed E-state index contributed by atoms with van der Waals surface area (Å²) >= 11 is 5.98. The van der Waals surface area contributed by atoms with Gasteiger partial charge in [0, 0.05) is 0 Å². The van der Waals surface area contributed by atoms with E-state index in [-0.39, 0.29) is 12.4 Å². The largest absolute Gasteiger partial charge is 0.469 e. The van der Waals surface area contributed by atoms with Gasteiger partial charge in [0.05, 0.1) is 23.9 Å². The van der Waals surface area contributed by atoms with Gasteiger partial charge in [0.2, 0.25) is 0 Å². The maximum absolute atomic E-state index is 11.1. The number of fused-ring (bicyclic) bond motifs is 1. The normalized spacial score (nSPS) is 10.5. The summed E-state index contributed by atoms with van der Waals surface area (Å²) in [5.41, 5.74) is 1.07. The van der Waals surface area contributed by atoms with Gasteiger partial charge in [-0.15, -0.1) is 0 Å². The molecule has 4 nitrogen and oxygen atoms in total. The molecule has 2 rings (SSSR count). The summed E-state index contributed by atoms with van der Waals surface area (Å²) in [6.07, 6.45) is 0.0627. The van der Waals surface area contributed by atoms with E-state index in [1.54, 1.807) is 18.2 Å². The third-order valence-electron chi connectivity index (χ3n) is 2.06. The predicted molar refractivity (Wildman–Crippen MR) is 54.7 cm³/mol. The van der Waals surface area contributed by atoms with Crippen molar-refractivity contribution in [1.29, 1.82) is 0 Å². The summed E-state index contributed by atoms with van der Waals surface area (Å²) in [7, 11) is 1.33. The fourth-order valence-electron chi connectivity index (χ4n) is 1.34. The van der Waals surface area contributed by atoms with Crippen molar-refractivity contribution >= 4 is 28.5 Å². The molecule has 0 aliphatic carbocycles. The Morgan fingerprint density at radius 2 is 2.40 bits per heavy atom. The van der Waals surface area contributed by atoms with E-state index in [1.807, 2.05) is 0 Å². The van der Waals surface area contributed by atoms with E-state index in [2.05, 4.69) is 9.89 Å². The third kappa shape index (κ3) is 1.80. The second-order valence-electron chi connectivity index (χ2n) is 3.00. The Balaban J connectivity index is 2.48. The molecule has 0 bridgehead atoms. The zero-order valence-electron chi connectivity index (χ0n) is 7.99. The van der Waals surface area contributed by atoms with Crippen LogP contribution in [0.3, 0.4) is 0 Å². The highest BCUT2D eigenvalue weighted by molar-refractivity contribution is 6.35. The van der Waals surface area contributed by atoms with E-state index in [0.717, 1.165) is 0 Å². The molecular formula is C10H8ClNO3. The highest BCUT2D eigenvalue weighted by atomic mass is 35.5. The molecule has 0 atom stereocenters. The van der Waals surface area contributed by atoms with Crippen LogP contribution in [0.5, 0.6) is 0 Å². The summed E-state index contributed by atoms with van der Waals surface area (Å²) < 4.78 is 9.58. The highest BCUT2D eigenvalue weighted by Gasteiger charge is 2.14. The Kier molecular flexibility index (Phi) is 2.60. The number of methoxy groups -OCH3 is 1. The second kappa shape index (κ2) is 3.90. The van der Waals surface area contributed by atoms with E-state index >= 15 is 0 Å². The van der Waals surface area contributed by atoms with Gasteiger partial charge in [-0.25, -0.2) is 0 Å². The molecule has 2 aromatic rings. The average Bonchev–Trinajstić information content (AvgIpc) is 2.63. The maximum atomic E-state index is 11.1. The summed E-state index contributed by atoms with van der Waals surface area (Å²) in [6.45, 7) is 0.